The first-order valence-corrected chi connectivity index (χ1v) is 13.5. The topological polar surface area (TPSA) is 27.7 Å². The average Bonchev–Trinajstić information content (AvgIpc) is 2.88. The van der Waals surface area contributed by atoms with Gasteiger partial charge in [-0.2, -0.15) is 0 Å². The van der Waals surface area contributed by atoms with E-state index >= 15 is 0 Å². The van der Waals surface area contributed by atoms with Crippen molar-refractivity contribution >= 4 is 21.6 Å². The Hall–Kier alpha value is -2.08. The molecule has 0 bridgehead atoms. The van der Waals surface area contributed by atoms with E-state index in [0.29, 0.717) is 5.92 Å². The first kappa shape index (κ1) is 23.1. The SMILES string of the molecule is CCC1CSSCC1OC(c1ccccc1)(c1ccc(OC)cc1)c1ccc(OC)cc1. The lowest BCUT2D eigenvalue weighted by Crippen LogP contribution is -2.42. The molecule has 0 amide bonds. The summed E-state index contributed by atoms with van der Waals surface area (Å²) in [6.07, 6.45) is 1.25. The molecule has 0 N–H and O–H groups in total. The van der Waals surface area contributed by atoms with Crippen LogP contribution in [0.2, 0.25) is 0 Å². The van der Waals surface area contributed by atoms with Crippen molar-refractivity contribution in [3.8, 4) is 11.5 Å². The Morgan fingerprint density at radius 3 is 1.72 bits per heavy atom. The average molecular weight is 467 g/mol. The molecule has 3 aromatic carbocycles. The highest BCUT2D eigenvalue weighted by molar-refractivity contribution is 8.76. The molecule has 1 aliphatic rings. The number of hydrogen-bond donors (Lipinski definition) is 0. The molecule has 3 aromatic rings. The minimum atomic E-state index is -0.736. The van der Waals surface area contributed by atoms with E-state index in [0.717, 1.165) is 46.1 Å². The van der Waals surface area contributed by atoms with Gasteiger partial charge in [-0.3, -0.25) is 0 Å². The highest BCUT2D eigenvalue weighted by atomic mass is 33.1. The molecule has 0 spiro atoms. The van der Waals surface area contributed by atoms with Crippen molar-refractivity contribution < 1.29 is 14.2 Å². The van der Waals surface area contributed by atoms with Gasteiger partial charge < -0.3 is 14.2 Å². The van der Waals surface area contributed by atoms with Gasteiger partial charge in [-0.25, -0.2) is 0 Å². The quantitative estimate of drug-likeness (QED) is 0.269. The first-order chi connectivity index (χ1) is 15.7. The van der Waals surface area contributed by atoms with Crippen molar-refractivity contribution in [3.63, 3.8) is 0 Å². The van der Waals surface area contributed by atoms with E-state index < -0.39 is 5.60 Å². The van der Waals surface area contributed by atoms with Crippen LogP contribution >= 0.6 is 21.6 Å². The van der Waals surface area contributed by atoms with E-state index in [4.69, 9.17) is 14.2 Å². The van der Waals surface area contributed by atoms with Crippen LogP contribution in [0.5, 0.6) is 11.5 Å². The van der Waals surface area contributed by atoms with Crippen LogP contribution < -0.4 is 9.47 Å². The largest absolute Gasteiger partial charge is 0.497 e. The van der Waals surface area contributed by atoms with Gasteiger partial charge in [0.15, 0.2) is 0 Å². The molecule has 5 heteroatoms. The molecule has 32 heavy (non-hydrogen) atoms. The highest BCUT2D eigenvalue weighted by Gasteiger charge is 2.42. The highest BCUT2D eigenvalue weighted by Crippen LogP contribution is 2.46. The summed E-state index contributed by atoms with van der Waals surface area (Å²) >= 11 is 0. The summed E-state index contributed by atoms with van der Waals surface area (Å²) in [5.41, 5.74) is 2.56. The maximum Gasteiger partial charge on any atom is 0.144 e. The monoisotopic (exact) mass is 466 g/mol. The molecule has 0 radical (unpaired) electrons. The van der Waals surface area contributed by atoms with Crippen LogP contribution in [0.25, 0.3) is 0 Å². The molecular weight excluding hydrogens is 436 g/mol. The molecule has 4 rings (SSSR count). The third-order valence-corrected chi connectivity index (χ3v) is 8.66. The summed E-state index contributed by atoms with van der Waals surface area (Å²) in [4.78, 5) is 0. The van der Waals surface area contributed by atoms with Crippen molar-refractivity contribution in [1.29, 1.82) is 0 Å². The summed E-state index contributed by atoms with van der Waals surface area (Å²) in [6.45, 7) is 2.27. The second-order valence-electron chi connectivity index (χ2n) is 7.90. The zero-order chi connectivity index (χ0) is 22.4. The lowest BCUT2D eigenvalue weighted by atomic mass is 9.79. The first-order valence-electron chi connectivity index (χ1n) is 11.0. The van der Waals surface area contributed by atoms with E-state index in [1.807, 2.05) is 45.9 Å². The van der Waals surface area contributed by atoms with E-state index in [-0.39, 0.29) is 6.10 Å². The lowest BCUT2D eigenvalue weighted by molar-refractivity contribution is -0.0592. The maximum absolute atomic E-state index is 7.27. The molecule has 1 saturated heterocycles. The van der Waals surface area contributed by atoms with Crippen LogP contribution in [0.15, 0.2) is 78.9 Å². The number of benzene rings is 3. The zero-order valence-corrected chi connectivity index (χ0v) is 20.5. The van der Waals surface area contributed by atoms with Gasteiger partial charge in [0.2, 0.25) is 0 Å². The Bertz CT molecular complexity index is 927. The van der Waals surface area contributed by atoms with Crippen molar-refractivity contribution in [2.24, 2.45) is 5.92 Å². The molecule has 3 nitrogen and oxygen atoms in total. The van der Waals surface area contributed by atoms with Gasteiger partial charge in [-0.15, -0.1) is 0 Å². The molecular formula is C27H30O3S2. The fourth-order valence-electron chi connectivity index (χ4n) is 4.26. The second kappa shape index (κ2) is 10.7. The summed E-state index contributed by atoms with van der Waals surface area (Å²) in [6, 6.07) is 27.1. The fourth-order valence-corrected chi connectivity index (χ4v) is 7.06. The number of methoxy groups -OCH3 is 2. The van der Waals surface area contributed by atoms with E-state index in [1.54, 1.807) is 14.2 Å². The van der Waals surface area contributed by atoms with Gasteiger partial charge in [0.05, 0.1) is 20.3 Å². The Balaban J connectivity index is 1.91. The third-order valence-electron chi connectivity index (χ3n) is 6.15. The Kier molecular flexibility index (Phi) is 7.71. The molecule has 0 aromatic heterocycles. The van der Waals surface area contributed by atoms with E-state index in [1.165, 1.54) is 0 Å². The molecule has 1 aliphatic heterocycles. The molecule has 1 heterocycles. The molecule has 2 unspecified atom stereocenters. The second-order valence-corrected chi connectivity index (χ2v) is 10.5. The third kappa shape index (κ3) is 4.66. The van der Waals surface area contributed by atoms with E-state index in [9.17, 15) is 0 Å². The minimum absolute atomic E-state index is 0.149. The molecule has 1 fully saturated rings. The number of rotatable bonds is 8. The molecule has 168 valence electrons. The lowest BCUT2D eigenvalue weighted by Gasteiger charge is -2.42. The van der Waals surface area contributed by atoms with Crippen LogP contribution in [0.3, 0.4) is 0 Å². The standard InChI is InChI=1S/C27H30O3S2/c1-4-20-18-31-32-19-26(20)30-27(21-8-6-5-7-9-21,22-10-14-24(28-2)15-11-22)23-12-16-25(29-3)17-13-23/h5-17,20,26H,4,18-19H2,1-3H3. The van der Waals surface area contributed by atoms with Crippen LogP contribution in [0, 0.1) is 5.92 Å². The summed E-state index contributed by atoms with van der Waals surface area (Å²) in [5, 5.41) is 0. The van der Waals surface area contributed by atoms with Gasteiger partial charge in [-0.05, 0) is 53.3 Å². The number of hydrogen-bond acceptors (Lipinski definition) is 5. The van der Waals surface area contributed by atoms with Gasteiger partial charge in [-0.1, -0.05) is 83.1 Å². The van der Waals surface area contributed by atoms with Crippen molar-refractivity contribution in [2.45, 2.75) is 25.0 Å². The summed E-state index contributed by atoms with van der Waals surface area (Å²) in [7, 11) is 7.26. The minimum Gasteiger partial charge on any atom is -0.497 e. The fraction of sp³-hybridized carbons (Fsp3) is 0.333. The summed E-state index contributed by atoms with van der Waals surface area (Å²) < 4.78 is 18.2. The van der Waals surface area contributed by atoms with Gasteiger partial charge >= 0.3 is 0 Å². The van der Waals surface area contributed by atoms with E-state index in [2.05, 4.69) is 61.5 Å². The van der Waals surface area contributed by atoms with Crippen LogP contribution in [-0.4, -0.2) is 31.8 Å². The normalized spacial score (nSPS) is 18.8. The van der Waals surface area contributed by atoms with Crippen LogP contribution in [0.4, 0.5) is 0 Å². The van der Waals surface area contributed by atoms with Gasteiger partial charge in [0.25, 0.3) is 0 Å². The number of ether oxygens (including phenoxy) is 3. The van der Waals surface area contributed by atoms with Crippen LogP contribution in [0.1, 0.15) is 30.0 Å². The Labute approximate surface area is 199 Å². The predicted octanol–water partition coefficient (Wildman–Crippen LogP) is 6.80. The summed E-state index contributed by atoms with van der Waals surface area (Å²) in [5.74, 6) is 4.27. The van der Waals surface area contributed by atoms with Crippen molar-refractivity contribution in [3.05, 3.63) is 95.6 Å². The zero-order valence-electron chi connectivity index (χ0n) is 18.8. The predicted molar refractivity (Wildman–Crippen MR) is 136 cm³/mol. The Morgan fingerprint density at radius 1 is 0.719 bits per heavy atom. The molecule has 0 saturated carbocycles. The molecule has 0 aliphatic carbocycles. The smallest absolute Gasteiger partial charge is 0.144 e. The maximum atomic E-state index is 7.27. The van der Waals surface area contributed by atoms with Crippen molar-refractivity contribution in [2.75, 3.05) is 25.7 Å². The van der Waals surface area contributed by atoms with Gasteiger partial charge in [0, 0.05) is 11.5 Å². The van der Waals surface area contributed by atoms with Crippen LogP contribution in [-0.2, 0) is 10.3 Å². The van der Waals surface area contributed by atoms with Crippen molar-refractivity contribution in [1.82, 2.24) is 0 Å². The van der Waals surface area contributed by atoms with Gasteiger partial charge in [0.1, 0.15) is 17.1 Å². The molecule has 2 atom stereocenters. The Morgan fingerprint density at radius 2 is 1.22 bits per heavy atom.